The fourth-order valence-corrected chi connectivity index (χ4v) is 1.44. The van der Waals surface area contributed by atoms with Crippen LogP contribution >= 0.6 is 11.8 Å². The number of amidine groups is 1. The number of hydrogen-bond donors (Lipinski definition) is 2. The Kier molecular flexibility index (Phi) is 3.64. The van der Waals surface area contributed by atoms with Gasteiger partial charge < -0.3 is 10.5 Å². The summed E-state index contributed by atoms with van der Waals surface area (Å²) in [7, 11) is 0. The molecule has 1 aromatic carbocycles. The molecule has 0 bridgehead atoms. The lowest BCUT2D eigenvalue weighted by molar-refractivity contribution is 0.365. The Labute approximate surface area is 81.8 Å². The molecule has 1 rings (SSSR count). The number of para-hydroxylation sites is 1. The first kappa shape index (κ1) is 9.92. The molecule has 0 heterocycles. The maximum atomic E-state index is 7.02. The Balaban J connectivity index is 2.69. The first-order valence-electron chi connectivity index (χ1n) is 3.82. The zero-order valence-electron chi connectivity index (χ0n) is 7.41. The van der Waals surface area contributed by atoms with Crippen molar-refractivity contribution in [3.63, 3.8) is 0 Å². The second kappa shape index (κ2) is 4.77. The molecular formula is C9H12N2OS. The monoisotopic (exact) mass is 196 g/mol. The predicted octanol–water partition coefficient (Wildman–Crippen LogP) is 1.72. The van der Waals surface area contributed by atoms with Crippen molar-refractivity contribution in [1.29, 1.82) is 5.41 Å². The minimum Gasteiger partial charge on any atom is -0.485 e. The van der Waals surface area contributed by atoms with Crippen molar-refractivity contribution in [2.45, 2.75) is 4.90 Å². The Morgan fingerprint density at radius 1 is 1.54 bits per heavy atom. The molecule has 13 heavy (non-hydrogen) atoms. The molecular weight excluding hydrogens is 184 g/mol. The summed E-state index contributed by atoms with van der Waals surface area (Å²) in [4.78, 5) is 1.06. The third-order valence-electron chi connectivity index (χ3n) is 1.45. The fourth-order valence-electron chi connectivity index (χ4n) is 0.894. The third kappa shape index (κ3) is 2.99. The fraction of sp³-hybridized carbons (Fsp3) is 0.222. The summed E-state index contributed by atoms with van der Waals surface area (Å²) in [5.74, 6) is 0.820. The first-order chi connectivity index (χ1) is 6.24. The number of ether oxygens (including phenoxy) is 1. The van der Waals surface area contributed by atoms with Crippen LogP contribution in [0.3, 0.4) is 0 Å². The SMILES string of the molecule is CSc1ccccc1OCC(=N)N. The van der Waals surface area contributed by atoms with Crippen LogP contribution in [-0.4, -0.2) is 18.7 Å². The number of thioether (sulfide) groups is 1. The van der Waals surface area contributed by atoms with E-state index in [4.69, 9.17) is 15.9 Å². The van der Waals surface area contributed by atoms with Gasteiger partial charge in [-0.15, -0.1) is 11.8 Å². The number of nitrogens with one attached hydrogen (secondary N) is 1. The lowest BCUT2D eigenvalue weighted by atomic mass is 10.3. The number of hydrogen-bond acceptors (Lipinski definition) is 3. The average Bonchev–Trinajstić information content (AvgIpc) is 2.15. The van der Waals surface area contributed by atoms with E-state index in [1.165, 1.54) is 0 Å². The Bertz CT molecular complexity index is 301. The molecule has 4 heteroatoms. The smallest absolute Gasteiger partial charge is 0.145 e. The second-order valence-electron chi connectivity index (χ2n) is 2.46. The summed E-state index contributed by atoms with van der Waals surface area (Å²) < 4.78 is 5.32. The highest BCUT2D eigenvalue weighted by Crippen LogP contribution is 2.26. The molecule has 0 aliphatic rings. The van der Waals surface area contributed by atoms with Crippen LogP contribution < -0.4 is 10.5 Å². The zero-order chi connectivity index (χ0) is 9.68. The van der Waals surface area contributed by atoms with Gasteiger partial charge in [-0.2, -0.15) is 0 Å². The van der Waals surface area contributed by atoms with Gasteiger partial charge in [0.2, 0.25) is 0 Å². The maximum absolute atomic E-state index is 7.02. The summed E-state index contributed by atoms with van der Waals surface area (Å²) in [5, 5.41) is 7.02. The van der Waals surface area contributed by atoms with Crippen molar-refractivity contribution in [2.75, 3.05) is 12.9 Å². The normalized spacial score (nSPS) is 9.62. The summed E-state index contributed by atoms with van der Waals surface area (Å²) in [6.07, 6.45) is 1.98. The molecule has 0 spiro atoms. The lowest BCUT2D eigenvalue weighted by Crippen LogP contribution is -2.19. The van der Waals surface area contributed by atoms with Gasteiger partial charge in [0, 0.05) is 4.90 Å². The molecule has 3 nitrogen and oxygen atoms in total. The highest BCUT2D eigenvalue weighted by molar-refractivity contribution is 7.98. The molecule has 0 unspecified atom stereocenters. The van der Waals surface area contributed by atoms with E-state index in [9.17, 15) is 0 Å². The van der Waals surface area contributed by atoms with E-state index in [1.54, 1.807) is 11.8 Å². The van der Waals surface area contributed by atoms with Crippen LogP contribution in [0.1, 0.15) is 0 Å². The number of nitrogens with two attached hydrogens (primary N) is 1. The minimum atomic E-state index is 0.0379. The van der Waals surface area contributed by atoms with E-state index in [1.807, 2.05) is 30.5 Å². The van der Waals surface area contributed by atoms with E-state index in [-0.39, 0.29) is 12.4 Å². The van der Waals surface area contributed by atoms with Crippen LogP contribution in [0.2, 0.25) is 0 Å². The van der Waals surface area contributed by atoms with Crippen LogP contribution in [0.15, 0.2) is 29.2 Å². The zero-order valence-corrected chi connectivity index (χ0v) is 8.23. The van der Waals surface area contributed by atoms with E-state index in [0.717, 1.165) is 10.6 Å². The van der Waals surface area contributed by atoms with Crippen molar-refractivity contribution in [2.24, 2.45) is 5.73 Å². The summed E-state index contributed by atoms with van der Waals surface area (Å²) in [5.41, 5.74) is 5.18. The standard InChI is InChI=1S/C9H12N2OS/c1-13-8-5-3-2-4-7(8)12-6-9(10)11/h2-5H,6H2,1H3,(H3,10,11). The van der Waals surface area contributed by atoms with E-state index in [0.29, 0.717) is 0 Å². The Hall–Kier alpha value is -1.16. The quantitative estimate of drug-likeness (QED) is 0.438. The van der Waals surface area contributed by atoms with Gasteiger partial charge in [0.15, 0.2) is 0 Å². The molecule has 0 aliphatic carbocycles. The molecule has 1 aromatic rings. The molecule has 0 fully saturated rings. The van der Waals surface area contributed by atoms with Crippen LogP contribution in [0.25, 0.3) is 0 Å². The molecule has 3 N–H and O–H groups in total. The van der Waals surface area contributed by atoms with Gasteiger partial charge in [-0.3, -0.25) is 5.41 Å². The van der Waals surface area contributed by atoms with E-state index < -0.39 is 0 Å². The second-order valence-corrected chi connectivity index (χ2v) is 3.31. The molecule has 0 saturated heterocycles. The van der Waals surface area contributed by atoms with Gasteiger partial charge in [0.25, 0.3) is 0 Å². The van der Waals surface area contributed by atoms with E-state index >= 15 is 0 Å². The molecule has 0 radical (unpaired) electrons. The topological polar surface area (TPSA) is 59.1 Å². The lowest BCUT2D eigenvalue weighted by Gasteiger charge is -2.08. The molecule has 0 aromatic heterocycles. The predicted molar refractivity (Wildman–Crippen MR) is 55.6 cm³/mol. The highest BCUT2D eigenvalue weighted by Gasteiger charge is 2.00. The average molecular weight is 196 g/mol. The van der Waals surface area contributed by atoms with Crippen molar-refractivity contribution >= 4 is 17.6 Å². The van der Waals surface area contributed by atoms with Gasteiger partial charge in [-0.25, -0.2) is 0 Å². The molecule has 0 amide bonds. The summed E-state index contributed by atoms with van der Waals surface area (Å²) >= 11 is 1.61. The van der Waals surface area contributed by atoms with Crippen LogP contribution in [0.4, 0.5) is 0 Å². The molecule has 70 valence electrons. The largest absolute Gasteiger partial charge is 0.485 e. The molecule has 0 saturated carbocycles. The van der Waals surface area contributed by atoms with Crippen molar-refractivity contribution < 1.29 is 4.74 Å². The highest BCUT2D eigenvalue weighted by atomic mass is 32.2. The minimum absolute atomic E-state index is 0.0379. The summed E-state index contributed by atoms with van der Waals surface area (Å²) in [6, 6.07) is 7.69. The van der Waals surface area contributed by atoms with Crippen molar-refractivity contribution in [3.05, 3.63) is 24.3 Å². The van der Waals surface area contributed by atoms with Crippen LogP contribution in [-0.2, 0) is 0 Å². The van der Waals surface area contributed by atoms with Gasteiger partial charge in [-0.1, -0.05) is 12.1 Å². The Morgan fingerprint density at radius 2 is 2.23 bits per heavy atom. The number of benzene rings is 1. The van der Waals surface area contributed by atoms with Gasteiger partial charge in [-0.05, 0) is 18.4 Å². The van der Waals surface area contributed by atoms with Crippen LogP contribution in [0, 0.1) is 5.41 Å². The molecule has 0 atom stereocenters. The third-order valence-corrected chi connectivity index (χ3v) is 2.23. The number of rotatable bonds is 4. The Morgan fingerprint density at radius 3 is 2.85 bits per heavy atom. The maximum Gasteiger partial charge on any atom is 0.145 e. The van der Waals surface area contributed by atoms with Gasteiger partial charge >= 0.3 is 0 Å². The first-order valence-corrected chi connectivity index (χ1v) is 5.05. The van der Waals surface area contributed by atoms with Gasteiger partial charge in [0.05, 0.1) is 0 Å². The van der Waals surface area contributed by atoms with E-state index in [2.05, 4.69) is 0 Å². The molecule has 0 aliphatic heterocycles. The van der Waals surface area contributed by atoms with Crippen molar-refractivity contribution in [3.8, 4) is 5.75 Å². The summed E-state index contributed by atoms with van der Waals surface area (Å²) in [6.45, 7) is 0.150. The van der Waals surface area contributed by atoms with Crippen molar-refractivity contribution in [1.82, 2.24) is 0 Å². The van der Waals surface area contributed by atoms with Gasteiger partial charge in [0.1, 0.15) is 18.2 Å². The van der Waals surface area contributed by atoms with Crippen LogP contribution in [0.5, 0.6) is 5.75 Å².